The fourth-order valence-corrected chi connectivity index (χ4v) is 2.31. The molecule has 0 unspecified atom stereocenters. The SMILES string of the molecule is O=C(N[C@@H]1C[C@H]1CO)C1(Br)CCC1. The molecule has 0 spiro atoms. The van der Waals surface area contributed by atoms with Crippen LogP contribution in [0.15, 0.2) is 0 Å². The number of amides is 1. The van der Waals surface area contributed by atoms with Crippen molar-refractivity contribution in [1.29, 1.82) is 0 Å². The quantitative estimate of drug-likeness (QED) is 0.726. The van der Waals surface area contributed by atoms with E-state index in [9.17, 15) is 4.79 Å². The fraction of sp³-hybridized carbons (Fsp3) is 0.889. The highest BCUT2D eigenvalue weighted by Gasteiger charge is 2.45. The van der Waals surface area contributed by atoms with Crippen molar-refractivity contribution in [2.75, 3.05) is 6.61 Å². The second kappa shape index (κ2) is 3.24. The van der Waals surface area contributed by atoms with E-state index in [0.717, 1.165) is 25.7 Å². The maximum Gasteiger partial charge on any atom is 0.237 e. The molecule has 2 aliphatic carbocycles. The average Bonchev–Trinajstić information content (AvgIpc) is 2.79. The lowest BCUT2D eigenvalue weighted by atomic mass is 9.84. The Hall–Kier alpha value is -0.0900. The van der Waals surface area contributed by atoms with Crippen LogP contribution < -0.4 is 5.32 Å². The molecule has 0 radical (unpaired) electrons. The van der Waals surface area contributed by atoms with Gasteiger partial charge in [-0.05, 0) is 25.7 Å². The molecule has 0 aliphatic heterocycles. The Labute approximate surface area is 86.0 Å². The molecule has 2 aliphatic rings. The van der Waals surface area contributed by atoms with E-state index in [1.807, 2.05) is 0 Å². The summed E-state index contributed by atoms with van der Waals surface area (Å²) in [7, 11) is 0. The highest BCUT2D eigenvalue weighted by molar-refractivity contribution is 9.10. The zero-order chi connectivity index (χ0) is 9.47. The van der Waals surface area contributed by atoms with Gasteiger partial charge in [-0.3, -0.25) is 4.79 Å². The van der Waals surface area contributed by atoms with Crippen molar-refractivity contribution in [3.05, 3.63) is 0 Å². The molecule has 2 atom stereocenters. The van der Waals surface area contributed by atoms with E-state index < -0.39 is 0 Å². The molecule has 4 heteroatoms. The van der Waals surface area contributed by atoms with E-state index in [4.69, 9.17) is 5.11 Å². The van der Waals surface area contributed by atoms with Crippen LogP contribution in [-0.4, -0.2) is 28.0 Å². The van der Waals surface area contributed by atoms with Crippen LogP contribution in [0.25, 0.3) is 0 Å². The third kappa shape index (κ3) is 1.74. The van der Waals surface area contributed by atoms with Crippen molar-refractivity contribution >= 4 is 21.8 Å². The van der Waals surface area contributed by atoms with Crippen molar-refractivity contribution in [2.24, 2.45) is 5.92 Å². The van der Waals surface area contributed by atoms with Crippen LogP contribution in [0.3, 0.4) is 0 Å². The molecule has 0 aromatic heterocycles. The van der Waals surface area contributed by atoms with Crippen molar-refractivity contribution in [1.82, 2.24) is 5.32 Å². The standard InChI is InChI=1S/C9H14BrNO2/c10-9(2-1-3-9)8(13)11-7-4-6(7)5-12/h6-7,12H,1-5H2,(H,11,13)/t6-,7+/m0/s1. The van der Waals surface area contributed by atoms with E-state index in [-0.39, 0.29) is 22.9 Å². The first-order valence-electron chi connectivity index (χ1n) is 4.76. The summed E-state index contributed by atoms with van der Waals surface area (Å²) in [6.07, 6.45) is 3.95. The maximum atomic E-state index is 11.6. The summed E-state index contributed by atoms with van der Waals surface area (Å²) < 4.78 is -0.282. The van der Waals surface area contributed by atoms with E-state index in [1.54, 1.807) is 0 Å². The molecule has 1 amide bonds. The summed E-state index contributed by atoms with van der Waals surface area (Å²) in [6, 6.07) is 0.229. The van der Waals surface area contributed by atoms with Crippen LogP contribution in [0.5, 0.6) is 0 Å². The van der Waals surface area contributed by atoms with Crippen molar-refractivity contribution in [3.8, 4) is 0 Å². The zero-order valence-corrected chi connectivity index (χ0v) is 9.01. The van der Waals surface area contributed by atoms with Gasteiger partial charge in [0.05, 0.1) is 0 Å². The minimum atomic E-state index is -0.282. The Morgan fingerprint density at radius 1 is 1.62 bits per heavy atom. The van der Waals surface area contributed by atoms with Crippen molar-refractivity contribution in [3.63, 3.8) is 0 Å². The highest BCUT2D eigenvalue weighted by Crippen LogP contribution is 2.41. The second-order valence-corrected chi connectivity index (χ2v) is 5.60. The third-order valence-corrected chi connectivity index (χ3v) is 4.18. The monoisotopic (exact) mass is 247 g/mol. The number of aliphatic hydroxyl groups excluding tert-OH is 1. The molecule has 0 aromatic rings. The smallest absolute Gasteiger partial charge is 0.237 e. The van der Waals surface area contributed by atoms with Gasteiger partial charge < -0.3 is 10.4 Å². The first kappa shape index (κ1) is 9.46. The molecule has 0 bridgehead atoms. The highest BCUT2D eigenvalue weighted by atomic mass is 79.9. The summed E-state index contributed by atoms with van der Waals surface area (Å²) in [5.41, 5.74) is 0. The molecule has 2 fully saturated rings. The summed E-state index contributed by atoms with van der Waals surface area (Å²) in [5, 5.41) is 11.8. The third-order valence-electron chi connectivity index (χ3n) is 3.03. The van der Waals surface area contributed by atoms with Crippen LogP contribution in [-0.2, 0) is 4.79 Å². The number of nitrogens with one attached hydrogen (secondary N) is 1. The van der Waals surface area contributed by atoms with Crippen molar-refractivity contribution in [2.45, 2.75) is 36.0 Å². The first-order chi connectivity index (χ1) is 6.15. The van der Waals surface area contributed by atoms with Gasteiger partial charge in [0, 0.05) is 18.6 Å². The largest absolute Gasteiger partial charge is 0.396 e. The normalized spacial score (nSPS) is 34.9. The Bertz CT molecular complexity index is 228. The van der Waals surface area contributed by atoms with Crippen LogP contribution in [0.2, 0.25) is 0 Å². The van der Waals surface area contributed by atoms with Gasteiger partial charge in [0.1, 0.15) is 4.32 Å². The van der Waals surface area contributed by atoms with E-state index in [0.29, 0.717) is 5.92 Å². The average molecular weight is 248 g/mol. The van der Waals surface area contributed by atoms with Crippen LogP contribution >= 0.6 is 15.9 Å². The summed E-state index contributed by atoms with van der Waals surface area (Å²) in [4.78, 5) is 11.6. The van der Waals surface area contributed by atoms with Gasteiger partial charge in [0.25, 0.3) is 0 Å². The van der Waals surface area contributed by atoms with Gasteiger partial charge in [-0.2, -0.15) is 0 Å². The van der Waals surface area contributed by atoms with Gasteiger partial charge in [0.2, 0.25) is 5.91 Å². The van der Waals surface area contributed by atoms with E-state index >= 15 is 0 Å². The number of aliphatic hydroxyl groups is 1. The Morgan fingerprint density at radius 3 is 2.69 bits per heavy atom. The second-order valence-electron chi connectivity index (χ2n) is 4.08. The minimum Gasteiger partial charge on any atom is -0.396 e. The number of halogens is 1. The molecule has 2 N–H and O–H groups in total. The number of carbonyl (C=O) groups is 1. The molecule has 0 heterocycles. The molecule has 2 rings (SSSR count). The Morgan fingerprint density at radius 2 is 2.31 bits per heavy atom. The van der Waals surface area contributed by atoms with Crippen molar-refractivity contribution < 1.29 is 9.90 Å². The number of rotatable bonds is 3. The summed E-state index contributed by atoms with van der Waals surface area (Å²) >= 11 is 3.46. The Balaban J connectivity index is 1.79. The Kier molecular flexibility index (Phi) is 2.36. The lowest BCUT2D eigenvalue weighted by Gasteiger charge is -2.34. The van der Waals surface area contributed by atoms with Gasteiger partial charge in [0.15, 0.2) is 0 Å². The minimum absolute atomic E-state index is 0.111. The predicted octanol–water partition coefficient (Wildman–Crippen LogP) is 0.801. The van der Waals surface area contributed by atoms with Gasteiger partial charge in [-0.25, -0.2) is 0 Å². The summed E-state index contributed by atoms with van der Waals surface area (Å²) in [5.74, 6) is 0.417. The van der Waals surface area contributed by atoms with Crippen LogP contribution in [0.1, 0.15) is 25.7 Å². The molecule has 2 saturated carbocycles. The number of hydrogen-bond donors (Lipinski definition) is 2. The molecule has 0 aromatic carbocycles. The summed E-state index contributed by atoms with van der Waals surface area (Å²) in [6.45, 7) is 0.195. The fourth-order valence-electron chi connectivity index (χ4n) is 1.64. The first-order valence-corrected chi connectivity index (χ1v) is 5.56. The van der Waals surface area contributed by atoms with Gasteiger partial charge in [-0.1, -0.05) is 15.9 Å². The van der Waals surface area contributed by atoms with E-state index in [1.165, 1.54) is 0 Å². The molecule has 13 heavy (non-hydrogen) atoms. The lowest BCUT2D eigenvalue weighted by Crippen LogP contribution is -2.48. The van der Waals surface area contributed by atoms with Crippen LogP contribution in [0, 0.1) is 5.92 Å². The number of carbonyl (C=O) groups excluding carboxylic acids is 1. The molecular weight excluding hydrogens is 234 g/mol. The van der Waals surface area contributed by atoms with E-state index in [2.05, 4.69) is 21.2 Å². The lowest BCUT2D eigenvalue weighted by molar-refractivity contribution is -0.125. The van der Waals surface area contributed by atoms with Gasteiger partial charge in [-0.15, -0.1) is 0 Å². The van der Waals surface area contributed by atoms with Crippen LogP contribution in [0.4, 0.5) is 0 Å². The molecule has 3 nitrogen and oxygen atoms in total. The predicted molar refractivity (Wildman–Crippen MR) is 52.6 cm³/mol. The topological polar surface area (TPSA) is 49.3 Å². The van der Waals surface area contributed by atoms with Gasteiger partial charge >= 0.3 is 0 Å². The molecule has 74 valence electrons. The number of alkyl halides is 1. The molecular formula is C9H14BrNO2. The number of hydrogen-bond acceptors (Lipinski definition) is 2. The molecule has 0 saturated heterocycles. The maximum absolute atomic E-state index is 11.6. The zero-order valence-electron chi connectivity index (χ0n) is 7.42.